The van der Waals surface area contributed by atoms with Gasteiger partial charge in [0.2, 0.25) is 5.91 Å². The molecule has 0 radical (unpaired) electrons. The average molecular weight is 244 g/mol. The lowest BCUT2D eigenvalue weighted by atomic mass is 10.1. The summed E-state index contributed by atoms with van der Waals surface area (Å²) in [4.78, 5) is 11.8. The minimum Gasteiger partial charge on any atom is -0.355 e. The highest BCUT2D eigenvalue weighted by Crippen LogP contribution is 2.10. The quantitative estimate of drug-likeness (QED) is 0.774. The molecule has 1 heterocycles. The van der Waals surface area contributed by atoms with Gasteiger partial charge in [-0.2, -0.15) is 11.8 Å². The monoisotopic (exact) mass is 244 g/mol. The van der Waals surface area contributed by atoms with E-state index in [4.69, 9.17) is 0 Å². The highest BCUT2D eigenvalue weighted by molar-refractivity contribution is 7.99. The molecule has 0 aromatic carbocycles. The summed E-state index contributed by atoms with van der Waals surface area (Å²) in [7, 11) is 0. The summed E-state index contributed by atoms with van der Waals surface area (Å²) < 4.78 is 0. The minimum absolute atomic E-state index is 0.0482. The number of thioether (sulfide) groups is 1. The Kier molecular flexibility index (Phi) is 6.88. The summed E-state index contributed by atoms with van der Waals surface area (Å²) in [5.74, 6) is 0.190. The van der Waals surface area contributed by atoms with E-state index in [9.17, 15) is 4.79 Å². The van der Waals surface area contributed by atoms with Crippen molar-refractivity contribution in [1.82, 2.24) is 10.6 Å². The molecule has 0 saturated carbocycles. The Hall–Kier alpha value is -0.220. The van der Waals surface area contributed by atoms with Crippen molar-refractivity contribution >= 4 is 17.7 Å². The summed E-state index contributed by atoms with van der Waals surface area (Å²) in [6.07, 6.45) is 7.78. The second-order valence-electron chi connectivity index (χ2n) is 4.48. The molecule has 2 N–H and O–H groups in total. The summed E-state index contributed by atoms with van der Waals surface area (Å²) in [5.41, 5.74) is 0. The van der Waals surface area contributed by atoms with Crippen LogP contribution in [0.1, 0.15) is 39.0 Å². The van der Waals surface area contributed by atoms with Crippen molar-refractivity contribution in [2.24, 2.45) is 0 Å². The maximum absolute atomic E-state index is 11.8. The molecule has 2 atom stereocenters. The van der Waals surface area contributed by atoms with Crippen LogP contribution in [-0.2, 0) is 4.79 Å². The van der Waals surface area contributed by atoms with E-state index in [-0.39, 0.29) is 11.9 Å². The SMILES string of the molecule is CSC(C)CCNC(=O)C1CCCCCN1. The van der Waals surface area contributed by atoms with Gasteiger partial charge in [0.25, 0.3) is 0 Å². The van der Waals surface area contributed by atoms with Crippen molar-refractivity contribution in [2.45, 2.75) is 50.3 Å². The molecule has 94 valence electrons. The molecule has 0 aromatic heterocycles. The Morgan fingerprint density at radius 1 is 1.50 bits per heavy atom. The van der Waals surface area contributed by atoms with E-state index in [1.807, 2.05) is 11.8 Å². The molecular weight excluding hydrogens is 220 g/mol. The normalized spacial score (nSPS) is 23.5. The lowest BCUT2D eigenvalue weighted by Crippen LogP contribution is -2.44. The number of amides is 1. The minimum atomic E-state index is 0.0482. The number of carbonyl (C=O) groups is 1. The third kappa shape index (κ3) is 5.21. The van der Waals surface area contributed by atoms with Crippen LogP contribution >= 0.6 is 11.8 Å². The summed E-state index contributed by atoms with van der Waals surface area (Å²) in [6.45, 7) is 3.99. The molecule has 1 aliphatic heterocycles. The molecule has 1 fully saturated rings. The average Bonchev–Trinajstić information content (AvgIpc) is 2.57. The fourth-order valence-corrected chi connectivity index (χ4v) is 2.25. The Morgan fingerprint density at radius 3 is 3.06 bits per heavy atom. The number of carbonyl (C=O) groups excluding carboxylic acids is 1. The smallest absolute Gasteiger partial charge is 0.237 e. The van der Waals surface area contributed by atoms with E-state index < -0.39 is 0 Å². The van der Waals surface area contributed by atoms with Crippen molar-refractivity contribution in [3.05, 3.63) is 0 Å². The van der Waals surface area contributed by atoms with Gasteiger partial charge in [-0.25, -0.2) is 0 Å². The molecule has 1 aliphatic rings. The molecule has 0 bridgehead atoms. The van der Waals surface area contributed by atoms with Crippen LogP contribution in [0.15, 0.2) is 0 Å². The molecule has 0 aliphatic carbocycles. The van der Waals surface area contributed by atoms with Gasteiger partial charge in [-0.1, -0.05) is 19.8 Å². The zero-order valence-electron chi connectivity index (χ0n) is 10.4. The van der Waals surface area contributed by atoms with Crippen LogP contribution in [0.5, 0.6) is 0 Å². The van der Waals surface area contributed by atoms with Crippen molar-refractivity contribution in [3.63, 3.8) is 0 Å². The second-order valence-corrected chi connectivity index (χ2v) is 5.76. The molecule has 3 nitrogen and oxygen atoms in total. The van der Waals surface area contributed by atoms with Crippen LogP contribution in [0.25, 0.3) is 0 Å². The molecule has 0 aromatic rings. The Bertz CT molecular complexity index is 203. The van der Waals surface area contributed by atoms with E-state index in [0.29, 0.717) is 5.25 Å². The first-order valence-electron chi connectivity index (χ1n) is 6.28. The van der Waals surface area contributed by atoms with Crippen LogP contribution in [0, 0.1) is 0 Å². The van der Waals surface area contributed by atoms with E-state index in [2.05, 4.69) is 23.8 Å². The molecule has 1 saturated heterocycles. The second kappa shape index (κ2) is 7.96. The number of hydrogen-bond acceptors (Lipinski definition) is 3. The first kappa shape index (κ1) is 13.8. The highest BCUT2D eigenvalue weighted by atomic mass is 32.2. The van der Waals surface area contributed by atoms with Gasteiger partial charge < -0.3 is 10.6 Å². The van der Waals surface area contributed by atoms with Crippen LogP contribution in [0.3, 0.4) is 0 Å². The van der Waals surface area contributed by atoms with Gasteiger partial charge in [-0.3, -0.25) is 4.79 Å². The van der Waals surface area contributed by atoms with Gasteiger partial charge >= 0.3 is 0 Å². The van der Waals surface area contributed by atoms with Gasteiger partial charge in [0.15, 0.2) is 0 Å². The lowest BCUT2D eigenvalue weighted by molar-refractivity contribution is -0.123. The third-order valence-corrected chi connectivity index (χ3v) is 4.17. The van der Waals surface area contributed by atoms with Crippen LogP contribution in [-0.4, -0.2) is 36.5 Å². The molecule has 2 unspecified atom stereocenters. The maximum atomic E-state index is 11.8. The predicted molar refractivity (Wildman–Crippen MR) is 70.9 cm³/mol. The van der Waals surface area contributed by atoms with Crippen LogP contribution in [0.2, 0.25) is 0 Å². The van der Waals surface area contributed by atoms with Crippen LogP contribution < -0.4 is 10.6 Å². The van der Waals surface area contributed by atoms with Crippen molar-refractivity contribution in [2.75, 3.05) is 19.3 Å². The van der Waals surface area contributed by atoms with Crippen molar-refractivity contribution in [1.29, 1.82) is 0 Å². The van der Waals surface area contributed by atoms with E-state index >= 15 is 0 Å². The third-order valence-electron chi connectivity index (χ3n) is 3.13. The summed E-state index contributed by atoms with van der Waals surface area (Å²) in [6, 6.07) is 0.0482. The molecule has 1 rings (SSSR count). The van der Waals surface area contributed by atoms with Gasteiger partial charge in [-0.05, 0) is 32.1 Å². The fraction of sp³-hybridized carbons (Fsp3) is 0.917. The first-order chi connectivity index (χ1) is 7.74. The topological polar surface area (TPSA) is 41.1 Å². The first-order valence-corrected chi connectivity index (χ1v) is 7.56. The van der Waals surface area contributed by atoms with Gasteiger partial charge in [0.1, 0.15) is 0 Å². The molecule has 16 heavy (non-hydrogen) atoms. The summed E-state index contributed by atoms with van der Waals surface area (Å²) in [5, 5.41) is 6.97. The van der Waals surface area contributed by atoms with Gasteiger partial charge in [-0.15, -0.1) is 0 Å². The summed E-state index contributed by atoms with van der Waals surface area (Å²) >= 11 is 1.85. The Labute approximate surface area is 103 Å². The fourth-order valence-electron chi connectivity index (χ4n) is 1.89. The zero-order chi connectivity index (χ0) is 11.8. The maximum Gasteiger partial charge on any atom is 0.237 e. The number of hydrogen-bond donors (Lipinski definition) is 2. The molecule has 0 spiro atoms. The predicted octanol–water partition coefficient (Wildman–Crippen LogP) is 1.78. The molecular formula is C12H24N2OS. The van der Waals surface area contributed by atoms with E-state index in [0.717, 1.165) is 25.9 Å². The van der Waals surface area contributed by atoms with Crippen LogP contribution in [0.4, 0.5) is 0 Å². The standard InChI is InChI=1S/C12H24N2OS/c1-10(16-2)7-9-14-12(15)11-6-4-3-5-8-13-11/h10-11,13H,3-9H2,1-2H3,(H,14,15). The highest BCUT2D eigenvalue weighted by Gasteiger charge is 2.18. The van der Waals surface area contributed by atoms with Crippen molar-refractivity contribution < 1.29 is 4.79 Å². The van der Waals surface area contributed by atoms with Gasteiger partial charge in [0, 0.05) is 11.8 Å². The van der Waals surface area contributed by atoms with E-state index in [1.165, 1.54) is 19.3 Å². The molecule has 1 amide bonds. The lowest BCUT2D eigenvalue weighted by Gasteiger charge is -2.16. The number of nitrogens with one attached hydrogen (secondary N) is 2. The Morgan fingerprint density at radius 2 is 2.31 bits per heavy atom. The molecule has 4 heteroatoms. The van der Waals surface area contributed by atoms with Gasteiger partial charge in [0.05, 0.1) is 6.04 Å². The zero-order valence-corrected chi connectivity index (χ0v) is 11.2. The van der Waals surface area contributed by atoms with E-state index in [1.54, 1.807) is 0 Å². The van der Waals surface area contributed by atoms with Crippen molar-refractivity contribution in [3.8, 4) is 0 Å². The largest absolute Gasteiger partial charge is 0.355 e. The number of rotatable bonds is 5. The Balaban J connectivity index is 2.17.